The lowest BCUT2D eigenvalue weighted by atomic mass is 9.90. The molecule has 0 radical (unpaired) electrons. The highest BCUT2D eigenvalue weighted by Crippen LogP contribution is 2.61. The molecule has 0 amide bonds. The van der Waals surface area contributed by atoms with Crippen molar-refractivity contribution in [3.05, 3.63) is 76.5 Å². The average Bonchev–Trinajstić information content (AvgIpc) is 3.47. The molecule has 1 aromatic heterocycles. The van der Waals surface area contributed by atoms with Gasteiger partial charge in [0, 0.05) is 23.6 Å². The average molecular weight is 514 g/mol. The smallest absolute Gasteiger partial charge is 0.309 e. The maximum Gasteiger partial charge on any atom is 0.309 e. The van der Waals surface area contributed by atoms with E-state index in [-0.39, 0.29) is 23.2 Å². The third-order valence-electron chi connectivity index (χ3n) is 8.14. The summed E-state index contributed by atoms with van der Waals surface area (Å²) < 4.78 is 22.8. The molecular weight excluding hydrogens is 478 g/mol. The summed E-state index contributed by atoms with van der Waals surface area (Å²) in [7, 11) is 0. The summed E-state index contributed by atoms with van der Waals surface area (Å²) in [5.74, 6) is 2.09. The number of rotatable bonds is 9. The van der Waals surface area contributed by atoms with Gasteiger partial charge in [0.1, 0.15) is 12.4 Å². The molecule has 198 valence electrons. The Labute approximate surface area is 224 Å². The van der Waals surface area contributed by atoms with Gasteiger partial charge in [-0.3, -0.25) is 4.79 Å². The molecule has 3 aromatic rings. The molecule has 2 aromatic carbocycles. The first kappa shape index (κ1) is 24.9. The molecule has 0 spiro atoms. The van der Waals surface area contributed by atoms with Gasteiger partial charge in [-0.2, -0.15) is 0 Å². The van der Waals surface area contributed by atoms with Crippen LogP contribution in [0.2, 0.25) is 0 Å². The van der Waals surface area contributed by atoms with Crippen LogP contribution in [0, 0.1) is 31.1 Å². The van der Waals surface area contributed by atoms with Crippen LogP contribution in [0.15, 0.2) is 48.7 Å². The molecule has 1 aliphatic heterocycles. The molecular formula is C32H35NO5. The van der Waals surface area contributed by atoms with Crippen LogP contribution in [-0.2, 0) is 27.3 Å². The van der Waals surface area contributed by atoms with Gasteiger partial charge in [0.05, 0.1) is 32.3 Å². The van der Waals surface area contributed by atoms with Crippen LogP contribution < -0.4 is 9.47 Å². The Kier molecular flexibility index (Phi) is 6.39. The lowest BCUT2D eigenvalue weighted by Crippen LogP contribution is -2.44. The minimum absolute atomic E-state index is 0.00642. The van der Waals surface area contributed by atoms with E-state index in [4.69, 9.17) is 18.9 Å². The molecule has 6 rings (SSSR count). The normalized spacial score (nSPS) is 22.2. The number of esters is 1. The van der Waals surface area contributed by atoms with E-state index in [0.717, 1.165) is 30.9 Å². The lowest BCUT2D eigenvalue weighted by Gasteiger charge is -2.37. The van der Waals surface area contributed by atoms with Crippen molar-refractivity contribution in [2.24, 2.45) is 17.3 Å². The van der Waals surface area contributed by atoms with Gasteiger partial charge in [-0.05, 0) is 90.3 Å². The second-order valence-corrected chi connectivity index (χ2v) is 11.4. The van der Waals surface area contributed by atoms with Crippen LogP contribution in [0.3, 0.4) is 0 Å². The summed E-state index contributed by atoms with van der Waals surface area (Å²) in [5, 5.41) is 0. The summed E-state index contributed by atoms with van der Waals surface area (Å²) in [6, 6.07) is 14.8. The molecule has 2 heterocycles. The fourth-order valence-corrected chi connectivity index (χ4v) is 6.14. The van der Waals surface area contributed by atoms with Gasteiger partial charge in [0.15, 0.2) is 0 Å². The molecule has 0 bridgehead atoms. The first-order valence-corrected chi connectivity index (χ1v) is 13.5. The van der Waals surface area contributed by atoms with Crippen molar-refractivity contribution in [1.29, 1.82) is 0 Å². The Morgan fingerprint density at radius 2 is 1.89 bits per heavy atom. The molecule has 1 saturated heterocycles. The number of carbonyl (C=O) groups excluding carboxylic acids is 1. The molecule has 3 atom stereocenters. The Balaban J connectivity index is 1.11. The number of aromatic nitrogens is 1. The maximum absolute atomic E-state index is 12.1. The Morgan fingerprint density at radius 3 is 2.61 bits per heavy atom. The van der Waals surface area contributed by atoms with E-state index in [2.05, 4.69) is 62.2 Å². The van der Waals surface area contributed by atoms with Crippen LogP contribution in [-0.4, -0.2) is 37.4 Å². The number of benzene rings is 2. The van der Waals surface area contributed by atoms with E-state index in [0.29, 0.717) is 31.6 Å². The summed E-state index contributed by atoms with van der Waals surface area (Å²) in [4.78, 5) is 16.7. The van der Waals surface area contributed by atoms with Crippen LogP contribution in [0.1, 0.15) is 47.6 Å². The molecule has 3 unspecified atom stereocenters. The zero-order chi connectivity index (χ0) is 26.4. The molecule has 2 aliphatic carbocycles. The summed E-state index contributed by atoms with van der Waals surface area (Å²) in [6.45, 7) is 11.4. The number of carbonyl (C=O) groups is 1. The van der Waals surface area contributed by atoms with Gasteiger partial charge in [-0.1, -0.05) is 25.1 Å². The fraction of sp³-hybridized carbons (Fsp3) is 0.438. The Bertz CT molecular complexity index is 1360. The Hall–Kier alpha value is -3.38. The molecule has 6 heteroatoms. The summed E-state index contributed by atoms with van der Waals surface area (Å²) in [6.07, 6.45) is 2.78. The minimum Gasteiger partial charge on any atom is -0.493 e. The third kappa shape index (κ3) is 4.66. The zero-order valence-electron chi connectivity index (χ0n) is 22.6. The van der Waals surface area contributed by atoms with E-state index in [1.165, 1.54) is 33.4 Å². The Morgan fingerprint density at radius 1 is 1.11 bits per heavy atom. The van der Waals surface area contributed by atoms with Crippen LogP contribution in [0.4, 0.5) is 0 Å². The standard InChI is InChI=1S/C32H35NO5/c1-5-36-31(34)30-25-12-23-13-27(33-14-26(23)29(25)30)37-15-21-7-6-8-22(11-21)28-19(2)9-24(10-20(28)3)38-18-32(4)16-35-17-32/h6-11,13-14,25,29-30H,5,12,15-18H2,1-4H3. The number of hydrogen-bond acceptors (Lipinski definition) is 6. The van der Waals surface area contributed by atoms with E-state index >= 15 is 0 Å². The lowest BCUT2D eigenvalue weighted by molar-refractivity contribution is -0.145. The van der Waals surface area contributed by atoms with E-state index < -0.39 is 0 Å². The monoisotopic (exact) mass is 513 g/mol. The minimum atomic E-state index is -0.0703. The van der Waals surface area contributed by atoms with Gasteiger partial charge in [0.25, 0.3) is 0 Å². The van der Waals surface area contributed by atoms with Crippen molar-refractivity contribution >= 4 is 5.97 Å². The first-order valence-electron chi connectivity index (χ1n) is 13.5. The van der Waals surface area contributed by atoms with Crippen molar-refractivity contribution in [3.63, 3.8) is 0 Å². The van der Waals surface area contributed by atoms with Crippen molar-refractivity contribution < 1.29 is 23.7 Å². The second kappa shape index (κ2) is 9.73. The van der Waals surface area contributed by atoms with Gasteiger partial charge in [-0.25, -0.2) is 4.98 Å². The van der Waals surface area contributed by atoms with Crippen molar-refractivity contribution in [2.45, 2.75) is 46.6 Å². The quantitative estimate of drug-likeness (QED) is 0.337. The third-order valence-corrected chi connectivity index (χ3v) is 8.14. The van der Waals surface area contributed by atoms with Crippen LogP contribution in [0.25, 0.3) is 11.1 Å². The van der Waals surface area contributed by atoms with Gasteiger partial charge in [0.2, 0.25) is 5.88 Å². The van der Waals surface area contributed by atoms with Crippen LogP contribution in [0.5, 0.6) is 11.6 Å². The number of aryl methyl sites for hydroxylation is 2. The van der Waals surface area contributed by atoms with E-state index in [1.54, 1.807) is 0 Å². The number of nitrogens with zero attached hydrogens (tertiary/aromatic N) is 1. The van der Waals surface area contributed by atoms with Gasteiger partial charge < -0.3 is 18.9 Å². The highest BCUT2D eigenvalue weighted by Gasteiger charge is 2.60. The van der Waals surface area contributed by atoms with Crippen molar-refractivity contribution in [2.75, 3.05) is 26.4 Å². The van der Waals surface area contributed by atoms with Gasteiger partial charge >= 0.3 is 5.97 Å². The first-order chi connectivity index (χ1) is 18.3. The molecule has 3 aliphatic rings. The number of pyridine rings is 1. The highest BCUT2D eigenvalue weighted by atomic mass is 16.5. The molecule has 1 saturated carbocycles. The number of hydrogen-bond donors (Lipinski definition) is 0. The van der Waals surface area contributed by atoms with Gasteiger partial charge in [-0.15, -0.1) is 0 Å². The number of fused-ring (bicyclic) bond motifs is 3. The molecule has 38 heavy (non-hydrogen) atoms. The molecule has 2 fully saturated rings. The molecule has 6 nitrogen and oxygen atoms in total. The maximum atomic E-state index is 12.1. The summed E-state index contributed by atoms with van der Waals surface area (Å²) >= 11 is 0. The fourth-order valence-electron chi connectivity index (χ4n) is 6.14. The SMILES string of the molecule is CCOC(=O)C1C2Cc3cc(OCc4cccc(-c5c(C)cc(OCC6(C)COC6)cc5C)c4)ncc3C21. The van der Waals surface area contributed by atoms with Crippen LogP contribution >= 0.6 is 0 Å². The van der Waals surface area contributed by atoms with E-state index in [1.807, 2.05) is 19.2 Å². The predicted molar refractivity (Wildman–Crippen MR) is 144 cm³/mol. The predicted octanol–water partition coefficient (Wildman–Crippen LogP) is 5.81. The van der Waals surface area contributed by atoms with Crippen molar-refractivity contribution in [1.82, 2.24) is 4.98 Å². The summed E-state index contributed by atoms with van der Waals surface area (Å²) in [5.41, 5.74) is 8.40. The van der Waals surface area contributed by atoms with Crippen molar-refractivity contribution in [3.8, 4) is 22.8 Å². The zero-order valence-corrected chi connectivity index (χ0v) is 22.6. The van der Waals surface area contributed by atoms with E-state index in [9.17, 15) is 4.79 Å². The number of ether oxygens (including phenoxy) is 4. The topological polar surface area (TPSA) is 66.9 Å². The largest absolute Gasteiger partial charge is 0.493 e. The highest BCUT2D eigenvalue weighted by molar-refractivity contribution is 5.79. The second-order valence-electron chi connectivity index (χ2n) is 11.4. The molecule has 0 N–H and O–H groups in total.